The van der Waals surface area contributed by atoms with Gasteiger partial charge in [0, 0.05) is 44.4 Å². The van der Waals surface area contributed by atoms with Crippen molar-refractivity contribution in [1.29, 1.82) is 0 Å². The summed E-state index contributed by atoms with van der Waals surface area (Å²) in [7, 11) is 0. The van der Waals surface area contributed by atoms with Gasteiger partial charge in [-0.1, -0.05) is 13.0 Å². The molecule has 2 rings (SSSR count). The smallest absolute Gasteiger partial charge is 0.250 e. The van der Waals surface area contributed by atoms with E-state index in [9.17, 15) is 14.4 Å². The maximum atomic E-state index is 12.8. The van der Waals surface area contributed by atoms with E-state index in [-0.39, 0.29) is 23.8 Å². The molecule has 2 heterocycles. The summed E-state index contributed by atoms with van der Waals surface area (Å²) in [5.74, 6) is 1.23. The number of piperazine rings is 1. The Balaban J connectivity index is 2.00. The van der Waals surface area contributed by atoms with Crippen LogP contribution in [-0.4, -0.2) is 76.3 Å². The van der Waals surface area contributed by atoms with Crippen LogP contribution in [0.3, 0.4) is 0 Å². The van der Waals surface area contributed by atoms with Gasteiger partial charge in [0.2, 0.25) is 11.8 Å². The highest BCUT2D eigenvalue weighted by Gasteiger charge is 2.38. The first-order valence-electron chi connectivity index (χ1n) is 8.05. The van der Waals surface area contributed by atoms with Gasteiger partial charge in [0.1, 0.15) is 6.04 Å². The number of thioether (sulfide) groups is 1. The van der Waals surface area contributed by atoms with Gasteiger partial charge in [0.05, 0.1) is 5.88 Å². The SMILES string of the molecule is CC/C=C(\C)C(=O)N1CSC[C@H]1C(=O)N1CCN(C(C)=O)CC1. The van der Waals surface area contributed by atoms with Crippen LogP contribution in [0.5, 0.6) is 0 Å². The van der Waals surface area contributed by atoms with E-state index in [1.807, 2.05) is 19.9 Å². The predicted molar refractivity (Wildman–Crippen MR) is 90.8 cm³/mol. The molecule has 0 aromatic rings. The Morgan fingerprint density at radius 3 is 2.26 bits per heavy atom. The number of carbonyl (C=O) groups is 3. The molecule has 2 saturated heterocycles. The van der Waals surface area contributed by atoms with E-state index in [0.717, 1.165) is 6.42 Å². The fraction of sp³-hybridized carbons (Fsp3) is 0.688. The molecule has 6 nitrogen and oxygen atoms in total. The molecule has 1 atom stereocenters. The lowest BCUT2D eigenvalue weighted by atomic mass is 10.1. The van der Waals surface area contributed by atoms with Crippen LogP contribution in [0.15, 0.2) is 11.6 Å². The molecule has 0 aromatic heterocycles. The van der Waals surface area contributed by atoms with Gasteiger partial charge < -0.3 is 14.7 Å². The molecule has 2 aliphatic heterocycles. The van der Waals surface area contributed by atoms with Gasteiger partial charge in [0.15, 0.2) is 0 Å². The van der Waals surface area contributed by atoms with Crippen molar-refractivity contribution in [1.82, 2.24) is 14.7 Å². The van der Waals surface area contributed by atoms with Gasteiger partial charge in [-0.05, 0) is 13.3 Å². The highest BCUT2D eigenvalue weighted by molar-refractivity contribution is 7.99. The van der Waals surface area contributed by atoms with E-state index in [2.05, 4.69) is 0 Å². The summed E-state index contributed by atoms with van der Waals surface area (Å²) in [6.45, 7) is 7.59. The number of allylic oxidation sites excluding steroid dienone is 1. The lowest BCUT2D eigenvalue weighted by molar-refractivity contribution is -0.144. The first-order chi connectivity index (χ1) is 11.0. The topological polar surface area (TPSA) is 60.9 Å². The van der Waals surface area contributed by atoms with E-state index < -0.39 is 0 Å². The Bertz CT molecular complexity index is 513. The first kappa shape index (κ1) is 17.8. The normalized spacial score (nSPS) is 22.5. The van der Waals surface area contributed by atoms with Crippen LogP contribution in [0.25, 0.3) is 0 Å². The molecule has 0 aromatic carbocycles. The second kappa shape index (κ2) is 7.86. The number of carbonyl (C=O) groups excluding carboxylic acids is 3. The molecule has 0 N–H and O–H groups in total. The van der Waals surface area contributed by atoms with Gasteiger partial charge >= 0.3 is 0 Å². The second-order valence-electron chi connectivity index (χ2n) is 5.92. The van der Waals surface area contributed by atoms with E-state index in [1.54, 1.807) is 33.4 Å². The molecule has 0 spiro atoms. The van der Waals surface area contributed by atoms with Crippen LogP contribution in [0.2, 0.25) is 0 Å². The summed E-state index contributed by atoms with van der Waals surface area (Å²) in [5.41, 5.74) is 0.703. The standard InChI is InChI=1S/C16H25N3O3S/c1-4-5-12(2)15(21)19-11-23-10-14(19)16(22)18-8-6-17(7-9-18)13(3)20/h5,14H,4,6-11H2,1-3H3/b12-5+/t14-/m0/s1. The summed E-state index contributed by atoms with van der Waals surface area (Å²) in [4.78, 5) is 41.9. The minimum atomic E-state index is -0.378. The maximum Gasteiger partial charge on any atom is 0.250 e. The second-order valence-corrected chi connectivity index (χ2v) is 6.92. The quantitative estimate of drug-likeness (QED) is 0.718. The van der Waals surface area contributed by atoms with Crippen molar-refractivity contribution in [3.8, 4) is 0 Å². The fourth-order valence-corrected chi connectivity index (χ4v) is 4.06. The zero-order valence-electron chi connectivity index (χ0n) is 14.1. The van der Waals surface area contributed by atoms with E-state index in [0.29, 0.717) is 43.4 Å². The van der Waals surface area contributed by atoms with Gasteiger partial charge in [0.25, 0.3) is 5.91 Å². The van der Waals surface area contributed by atoms with Gasteiger partial charge in [-0.3, -0.25) is 14.4 Å². The molecular weight excluding hydrogens is 314 g/mol. The first-order valence-corrected chi connectivity index (χ1v) is 9.21. The van der Waals surface area contributed by atoms with Crippen molar-refractivity contribution < 1.29 is 14.4 Å². The van der Waals surface area contributed by atoms with E-state index >= 15 is 0 Å². The Hall–Kier alpha value is -1.50. The summed E-state index contributed by atoms with van der Waals surface area (Å²) < 4.78 is 0. The Morgan fingerprint density at radius 2 is 1.70 bits per heavy atom. The van der Waals surface area contributed by atoms with Gasteiger partial charge in [-0.15, -0.1) is 11.8 Å². The van der Waals surface area contributed by atoms with Crippen molar-refractivity contribution in [3.63, 3.8) is 0 Å². The van der Waals surface area contributed by atoms with Crippen LogP contribution < -0.4 is 0 Å². The summed E-state index contributed by atoms with van der Waals surface area (Å²) in [5, 5.41) is 0. The number of hydrogen-bond acceptors (Lipinski definition) is 4. The van der Waals surface area contributed by atoms with Crippen molar-refractivity contribution in [2.24, 2.45) is 0 Å². The summed E-state index contributed by atoms with van der Waals surface area (Å²) in [6.07, 6.45) is 2.71. The molecule has 0 unspecified atom stereocenters. The molecule has 0 bridgehead atoms. The fourth-order valence-electron chi connectivity index (χ4n) is 2.92. The average Bonchev–Trinajstić information content (AvgIpc) is 3.03. The number of rotatable bonds is 3. The summed E-state index contributed by atoms with van der Waals surface area (Å²) >= 11 is 1.62. The molecule has 0 saturated carbocycles. The average molecular weight is 339 g/mol. The monoisotopic (exact) mass is 339 g/mol. The van der Waals surface area contributed by atoms with Crippen molar-refractivity contribution >= 4 is 29.5 Å². The highest BCUT2D eigenvalue weighted by atomic mass is 32.2. The van der Waals surface area contributed by atoms with Crippen LogP contribution in [0, 0.1) is 0 Å². The van der Waals surface area contributed by atoms with Crippen molar-refractivity contribution in [3.05, 3.63) is 11.6 Å². The lowest BCUT2D eigenvalue weighted by Gasteiger charge is -2.36. The maximum absolute atomic E-state index is 12.8. The molecule has 0 aliphatic carbocycles. The summed E-state index contributed by atoms with van der Waals surface area (Å²) in [6, 6.07) is -0.378. The van der Waals surface area contributed by atoms with E-state index in [4.69, 9.17) is 0 Å². The van der Waals surface area contributed by atoms with Crippen LogP contribution in [-0.2, 0) is 14.4 Å². The van der Waals surface area contributed by atoms with Crippen LogP contribution in [0.1, 0.15) is 27.2 Å². The lowest BCUT2D eigenvalue weighted by Crippen LogP contribution is -2.55. The Kier molecular flexibility index (Phi) is 6.10. The minimum absolute atomic E-state index is 0.0100. The van der Waals surface area contributed by atoms with Crippen LogP contribution in [0.4, 0.5) is 0 Å². The highest BCUT2D eigenvalue weighted by Crippen LogP contribution is 2.25. The molecular formula is C16H25N3O3S. The zero-order chi connectivity index (χ0) is 17.0. The predicted octanol–water partition coefficient (Wildman–Crippen LogP) is 0.935. The zero-order valence-corrected chi connectivity index (χ0v) is 14.9. The molecule has 2 fully saturated rings. The molecule has 0 radical (unpaired) electrons. The third kappa shape index (κ3) is 4.07. The number of hydrogen-bond donors (Lipinski definition) is 0. The molecule has 23 heavy (non-hydrogen) atoms. The third-order valence-electron chi connectivity index (χ3n) is 4.31. The minimum Gasteiger partial charge on any atom is -0.339 e. The third-order valence-corrected chi connectivity index (χ3v) is 5.32. The number of amides is 3. The van der Waals surface area contributed by atoms with Gasteiger partial charge in [-0.25, -0.2) is 0 Å². The largest absolute Gasteiger partial charge is 0.339 e. The molecule has 128 valence electrons. The van der Waals surface area contributed by atoms with Crippen LogP contribution >= 0.6 is 11.8 Å². The Labute approximate surface area is 141 Å². The number of nitrogens with zero attached hydrogens (tertiary/aromatic N) is 3. The molecule has 2 aliphatic rings. The molecule has 3 amide bonds. The van der Waals surface area contributed by atoms with Gasteiger partial charge in [-0.2, -0.15) is 0 Å². The van der Waals surface area contributed by atoms with E-state index in [1.165, 1.54) is 0 Å². The Morgan fingerprint density at radius 1 is 1.09 bits per heavy atom. The van der Waals surface area contributed by atoms with Crippen molar-refractivity contribution in [2.45, 2.75) is 33.2 Å². The molecule has 7 heteroatoms. The van der Waals surface area contributed by atoms with Crippen molar-refractivity contribution in [2.75, 3.05) is 37.8 Å².